The van der Waals surface area contributed by atoms with Gasteiger partial charge in [-0.3, -0.25) is 9.59 Å². The van der Waals surface area contributed by atoms with Crippen molar-refractivity contribution in [2.45, 2.75) is 25.3 Å². The highest BCUT2D eigenvalue weighted by Crippen LogP contribution is 2.13. The number of nitrogens with two attached hydrogens (primary N) is 1. The van der Waals surface area contributed by atoms with Gasteiger partial charge in [-0.05, 0) is 37.1 Å². The monoisotopic (exact) mass is 293 g/mol. The van der Waals surface area contributed by atoms with E-state index in [9.17, 15) is 14.0 Å². The molecule has 6 heteroatoms. The van der Waals surface area contributed by atoms with Crippen LogP contribution in [0.3, 0.4) is 0 Å². The molecule has 1 aliphatic heterocycles. The molecule has 1 fully saturated rings. The van der Waals surface area contributed by atoms with Crippen LogP contribution in [-0.4, -0.2) is 42.4 Å². The summed E-state index contributed by atoms with van der Waals surface area (Å²) in [5.74, 6) is -1.11. The van der Waals surface area contributed by atoms with Crippen molar-refractivity contribution < 1.29 is 14.0 Å². The van der Waals surface area contributed by atoms with Gasteiger partial charge in [0.2, 0.25) is 11.8 Å². The van der Waals surface area contributed by atoms with Crippen molar-refractivity contribution in [3.8, 4) is 0 Å². The van der Waals surface area contributed by atoms with Gasteiger partial charge < -0.3 is 16.0 Å². The van der Waals surface area contributed by atoms with Crippen LogP contribution in [0.15, 0.2) is 24.3 Å². The topological polar surface area (TPSA) is 75.4 Å². The van der Waals surface area contributed by atoms with E-state index in [0.29, 0.717) is 12.1 Å². The van der Waals surface area contributed by atoms with Crippen molar-refractivity contribution in [3.63, 3.8) is 0 Å². The third-order valence-electron chi connectivity index (χ3n) is 3.60. The quantitative estimate of drug-likeness (QED) is 0.827. The number of amides is 2. The van der Waals surface area contributed by atoms with Gasteiger partial charge in [0.05, 0.1) is 13.0 Å². The molecule has 0 saturated carbocycles. The number of carbonyl (C=O) groups excluding carboxylic acids is 2. The highest BCUT2D eigenvalue weighted by atomic mass is 19.1. The molecule has 0 aliphatic carbocycles. The fourth-order valence-corrected chi connectivity index (χ4v) is 2.61. The van der Waals surface area contributed by atoms with Gasteiger partial charge in [-0.2, -0.15) is 0 Å². The Labute approximate surface area is 123 Å². The third-order valence-corrected chi connectivity index (χ3v) is 3.60. The summed E-state index contributed by atoms with van der Waals surface area (Å²) in [6, 6.07) is 5.90. The predicted octanol–water partition coefficient (Wildman–Crippen LogP) is 0.434. The lowest BCUT2D eigenvalue weighted by atomic mass is 10.0. The standard InChI is InChI=1S/C15H20FN3O2/c16-12-4-1-3-11(7-12)8-15(21)19(10-14(17)20)13-5-2-6-18-9-13/h1,3-4,7,13,18H,2,5-6,8-10H2,(H2,17,20). The molecule has 0 aromatic heterocycles. The Hall–Kier alpha value is -1.95. The van der Waals surface area contributed by atoms with Gasteiger partial charge in [-0.15, -0.1) is 0 Å². The summed E-state index contributed by atoms with van der Waals surface area (Å²) in [4.78, 5) is 25.2. The molecular formula is C15H20FN3O2. The normalized spacial score (nSPS) is 18.2. The average Bonchev–Trinajstić information content (AvgIpc) is 2.45. The Morgan fingerprint density at radius 2 is 2.24 bits per heavy atom. The molecule has 1 atom stereocenters. The molecule has 1 unspecified atom stereocenters. The van der Waals surface area contributed by atoms with E-state index < -0.39 is 5.91 Å². The molecule has 2 amide bonds. The van der Waals surface area contributed by atoms with Crippen LogP contribution >= 0.6 is 0 Å². The number of hydrogen-bond donors (Lipinski definition) is 2. The Morgan fingerprint density at radius 3 is 2.86 bits per heavy atom. The van der Waals surface area contributed by atoms with Crippen LogP contribution in [0.2, 0.25) is 0 Å². The lowest BCUT2D eigenvalue weighted by Crippen LogP contribution is -2.51. The number of piperidine rings is 1. The van der Waals surface area contributed by atoms with Crippen molar-refractivity contribution >= 4 is 11.8 Å². The Morgan fingerprint density at radius 1 is 1.43 bits per heavy atom. The lowest BCUT2D eigenvalue weighted by Gasteiger charge is -2.34. The van der Waals surface area contributed by atoms with E-state index >= 15 is 0 Å². The van der Waals surface area contributed by atoms with E-state index in [0.717, 1.165) is 19.4 Å². The van der Waals surface area contributed by atoms with Crippen LogP contribution in [0, 0.1) is 5.82 Å². The number of benzene rings is 1. The van der Waals surface area contributed by atoms with Gasteiger partial charge in [-0.1, -0.05) is 12.1 Å². The van der Waals surface area contributed by atoms with Crippen molar-refractivity contribution in [2.24, 2.45) is 5.73 Å². The van der Waals surface area contributed by atoms with E-state index in [1.807, 2.05) is 0 Å². The van der Waals surface area contributed by atoms with Crippen molar-refractivity contribution in [2.75, 3.05) is 19.6 Å². The molecule has 0 radical (unpaired) electrons. The molecule has 0 bridgehead atoms. The number of hydrogen-bond acceptors (Lipinski definition) is 3. The van der Waals surface area contributed by atoms with Crippen molar-refractivity contribution in [1.82, 2.24) is 10.2 Å². The molecule has 1 aliphatic rings. The van der Waals surface area contributed by atoms with Crippen LogP contribution in [-0.2, 0) is 16.0 Å². The Kier molecular flexibility index (Phi) is 5.27. The minimum atomic E-state index is -0.534. The van der Waals surface area contributed by atoms with E-state index in [1.54, 1.807) is 12.1 Å². The zero-order valence-corrected chi connectivity index (χ0v) is 11.8. The summed E-state index contributed by atoms with van der Waals surface area (Å²) < 4.78 is 13.2. The highest BCUT2D eigenvalue weighted by Gasteiger charge is 2.26. The van der Waals surface area contributed by atoms with E-state index in [4.69, 9.17) is 5.73 Å². The second-order valence-corrected chi connectivity index (χ2v) is 5.29. The second-order valence-electron chi connectivity index (χ2n) is 5.29. The molecule has 21 heavy (non-hydrogen) atoms. The number of rotatable bonds is 5. The Bertz CT molecular complexity index is 515. The average molecular weight is 293 g/mol. The summed E-state index contributed by atoms with van der Waals surface area (Å²) in [5, 5.41) is 3.21. The first kappa shape index (κ1) is 15.4. The maximum atomic E-state index is 13.2. The number of primary amides is 1. The SMILES string of the molecule is NC(=O)CN(C(=O)Cc1cccc(F)c1)C1CCCNC1. The van der Waals surface area contributed by atoms with Crippen LogP contribution in [0.4, 0.5) is 4.39 Å². The smallest absolute Gasteiger partial charge is 0.237 e. The second kappa shape index (κ2) is 7.17. The fraction of sp³-hybridized carbons (Fsp3) is 0.467. The van der Waals surface area contributed by atoms with Gasteiger partial charge >= 0.3 is 0 Å². The summed E-state index contributed by atoms with van der Waals surface area (Å²) in [6.45, 7) is 1.47. The van der Waals surface area contributed by atoms with Gasteiger partial charge in [0.15, 0.2) is 0 Å². The van der Waals surface area contributed by atoms with Gasteiger partial charge in [-0.25, -0.2) is 4.39 Å². The molecule has 3 N–H and O–H groups in total. The summed E-state index contributed by atoms with van der Waals surface area (Å²) >= 11 is 0. The molecule has 1 saturated heterocycles. The van der Waals surface area contributed by atoms with Gasteiger partial charge in [0, 0.05) is 12.6 Å². The number of halogens is 1. The largest absolute Gasteiger partial charge is 0.368 e. The maximum Gasteiger partial charge on any atom is 0.237 e. The molecule has 0 spiro atoms. The fourth-order valence-electron chi connectivity index (χ4n) is 2.61. The zero-order chi connectivity index (χ0) is 15.2. The molecule has 1 aromatic rings. The first-order valence-electron chi connectivity index (χ1n) is 7.09. The number of nitrogens with one attached hydrogen (secondary N) is 1. The minimum Gasteiger partial charge on any atom is -0.368 e. The molecular weight excluding hydrogens is 273 g/mol. The summed E-state index contributed by atoms with van der Waals surface area (Å²) in [5.41, 5.74) is 5.84. The summed E-state index contributed by atoms with van der Waals surface area (Å²) in [6.07, 6.45) is 1.86. The maximum absolute atomic E-state index is 13.2. The molecule has 2 rings (SSSR count). The third kappa shape index (κ3) is 4.53. The van der Waals surface area contributed by atoms with Crippen LogP contribution < -0.4 is 11.1 Å². The van der Waals surface area contributed by atoms with E-state index in [-0.39, 0.29) is 30.7 Å². The van der Waals surface area contributed by atoms with Gasteiger partial charge in [0.1, 0.15) is 5.82 Å². The summed E-state index contributed by atoms with van der Waals surface area (Å²) in [7, 11) is 0. The van der Waals surface area contributed by atoms with Crippen LogP contribution in [0.5, 0.6) is 0 Å². The first-order valence-corrected chi connectivity index (χ1v) is 7.09. The predicted molar refractivity (Wildman–Crippen MR) is 76.9 cm³/mol. The van der Waals surface area contributed by atoms with Crippen molar-refractivity contribution in [1.29, 1.82) is 0 Å². The zero-order valence-electron chi connectivity index (χ0n) is 11.8. The molecule has 5 nitrogen and oxygen atoms in total. The molecule has 114 valence electrons. The minimum absolute atomic E-state index is 0.0349. The highest BCUT2D eigenvalue weighted by molar-refractivity contribution is 5.85. The van der Waals surface area contributed by atoms with E-state index in [1.165, 1.54) is 17.0 Å². The van der Waals surface area contributed by atoms with Crippen LogP contribution in [0.25, 0.3) is 0 Å². The van der Waals surface area contributed by atoms with Gasteiger partial charge in [0.25, 0.3) is 0 Å². The molecule has 1 aromatic carbocycles. The Balaban J connectivity index is 2.07. The lowest BCUT2D eigenvalue weighted by molar-refractivity contribution is -0.137. The van der Waals surface area contributed by atoms with Crippen molar-refractivity contribution in [3.05, 3.63) is 35.6 Å². The first-order chi connectivity index (χ1) is 10.1. The number of nitrogens with zero attached hydrogens (tertiary/aromatic N) is 1. The molecule has 1 heterocycles. The van der Waals surface area contributed by atoms with E-state index in [2.05, 4.69) is 5.32 Å². The van der Waals surface area contributed by atoms with Crippen LogP contribution in [0.1, 0.15) is 18.4 Å². The number of carbonyl (C=O) groups is 2.